The standard InChI is InChI=1S/C26H24F3N3O4S/c1-17-4-3-5-20(14-17)37(33,34)32-12-10-31(11-13-32)25-21-16-19(35-2)7-9-23(21)36-24-8-6-18(26(27,28)29)15-22(24)30-25/h3-9,14-16H,10-13H2,1-2H3. The molecule has 0 radical (unpaired) electrons. The van der Waals surface area contributed by atoms with Gasteiger partial charge >= 0.3 is 6.18 Å². The molecule has 0 aliphatic carbocycles. The lowest BCUT2D eigenvalue weighted by atomic mass is 10.1. The molecule has 0 N–H and O–H groups in total. The van der Waals surface area contributed by atoms with Gasteiger partial charge in [-0.05, 0) is 61.0 Å². The minimum Gasteiger partial charge on any atom is -0.497 e. The van der Waals surface area contributed by atoms with Crippen LogP contribution in [0.15, 0.2) is 70.6 Å². The van der Waals surface area contributed by atoms with Crippen LogP contribution >= 0.6 is 0 Å². The topological polar surface area (TPSA) is 71.4 Å². The first kappa shape index (κ1) is 25.1. The Kier molecular flexibility index (Phi) is 6.36. The molecule has 0 bridgehead atoms. The number of hydrogen-bond donors (Lipinski definition) is 0. The van der Waals surface area contributed by atoms with Crippen molar-refractivity contribution in [2.45, 2.75) is 18.0 Å². The summed E-state index contributed by atoms with van der Waals surface area (Å²) >= 11 is 0. The van der Waals surface area contributed by atoms with Crippen LogP contribution in [0.25, 0.3) is 0 Å². The number of amidine groups is 1. The van der Waals surface area contributed by atoms with Crippen LogP contribution in [0.1, 0.15) is 16.7 Å². The van der Waals surface area contributed by atoms with E-state index in [0.717, 1.165) is 17.7 Å². The predicted octanol–water partition coefficient (Wildman–Crippen LogP) is 5.21. The van der Waals surface area contributed by atoms with Crippen LogP contribution in [-0.4, -0.2) is 56.7 Å². The van der Waals surface area contributed by atoms with E-state index in [1.54, 1.807) is 36.4 Å². The number of alkyl halides is 3. The Morgan fingerprint density at radius 3 is 2.35 bits per heavy atom. The fraction of sp³-hybridized carbons (Fsp3) is 0.269. The molecule has 5 rings (SSSR count). The molecule has 0 saturated carbocycles. The quantitative estimate of drug-likeness (QED) is 0.464. The first-order chi connectivity index (χ1) is 17.6. The number of aliphatic imine (C=N–C) groups is 1. The molecule has 2 heterocycles. The van der Waals surface area contributed by atoms with Crippen molar-refractivity contribution in [2.75, 3.05) is 33.3 Å². The van der Waals surface area contributed by atoms with Crippen molar-refractivity contribution in [3.63, 3.8) is 0 Å². The van der Waals surface area contributed by atoms with Gasteiger partial charge in [-0.15, -0.1) is 0 Å². The van der Waals surface area contributed by atoms with Gasteiger partial charge in [0.15, 0.2) is 5.75 Å². The number of aryl methyl sites for hydroxylation is 1. The predicted molar refractivity (Wildman–Crippen MR) is 132 cm³/mol. The van der Waals surface area contributed by atoms with Crippen LogP contribution in [-0.2, 0) is 16.2 Å². The molecule has 0 amide bonds. The highest BCUT2D eigenvalue weighted by Gasteiger charge is 2.34. The number of methoxy groups -OCH3 is 1. The Labute approximate surface area is 212 Å². The first-order valence-electron chi connectivity index (χ1n) is 11.5. The van der Waals surface area contributed by atoms with Gasteiger partial charge in [0, 0.05) is 26.2 Å². The van der Waals surface area contributed by atoms with Crippen LogP contribution in [0, 0.1) is 6.92 Å². The summed E-state index contributed by atoms with van der Waals surface area (Å²) in [6.07, 6.45) is -4.54. The van der Waals surface area contributed by atoms with Crippen molar-refractivity contribution < 1.29 is 31.1 Å². The van der Waals surface area contributed by atoms with Gasteiger partial charge in [0.05, 0.1) is 23.1 Å². The summed E-state index contributed by atoms with van der Waals surface area (Å²) < 4.78 is 79.3. The fourth-order valence-corrected chi connectivity index (χ4v) is 5.89. The fourth-order valence-electron chi connectivity index (χ4n) is 4.37. The Balaban J connectivity index is 1.50. The van der Waals surface area contributed by atoms with Gasteiger partial charge in [-0.1, -0.05) is 12.1 Å². The number of piperazine rings is 1. The van der Waals surface area contributed by atoms with Gasteiger partial charge in [0.25, 0.3) is 0 Å². The Morgan fingerprint density at radius 1 is 0.946 bits per heavy atom. The maximum Gasteiger partial charge on any atom is 0.416 e. The van der Waals surface area contributed by atoms with E-state index < -0.39 is 21.8 Å². The zero-order valence-corrected chi connectivity index (χ0v) is 20.9. The van der Waals surface area contributed by atoms with E-state index in [9.17, 15) is 21.6 Å². The maximum atomic E-state index is 13.4. The minimum atomic E-state index is -4.54. The molecule has 0 unspecified atom stereocenters. The van der Waals surface area contributed by atoms with Crippen LogP contribution in [0.2, 0.25) is 0 Å². The molecule has 37 heavy (non-hydrogen) atoms. The molecule has 2 aliphatic heterocycles. The van der Waals surface area contributed by atoms with Crippen molar-refractivity contribution in [3.8, 4) is 17.2 Å². The Morgan fingerprint density at radius 2 is 1.68 bits per heavy atom. The highest BCUT2D eigenvalue weighted by atomic mass is 32.2. The SMILES string of the molecule is COc1ccc2c(c1)C(N1CCN(S(=O)(=O)c3cccc(C)c3)CC1)=Nc1cc(C(F)(F)F)ccc1O2. The van der Waals surface area contributed by atoms with Crippen molar-refractivity contribution in [3.05, 3.63) is 77.4 Å². The summed E-state index contributed by atoms with van der Waals surface area (Å²) in [5.74, 6) is 1.51. The summed E-state index contributed by atoms with van der Waals surface area (Å²) in [5, 5.41) is 0. The summed E-state index contributed by atoms with van der Waals surface area (Å²) in [6.45, 7) is 2.77. The second kappa shape index (κ2) is 9.38. The molecule has 1 fully saturated rings. The highest BCUT2D eigenvalue weighted by Crippen LogP contribution is 2.42. The molecule has 2 aliphatic rings. The molecule has 11 heteroatoms. The second-order valence-electron chi connectivity index (χ2n) is 8.79. The summed E-state index contributed by atoms with van der Waals surface area (Å²) in [5.41, 5.74) is 0.583. The Hall–Kier alpha value is -3.57. The second-order valence-corrected chi connectivity index (χ2v) is 10.7. The largest absolute Gasteiger partial charge is 0.497 e. The average Bonchev–Trinajstić information content (AvgIpc) is 3.04. The number of benzene rings is 3. The molecule has 194 valence electrons. The smallest absolute Gasteiger partial charge is 0.416 e. The third-order valence-electron chi connectivity index (χ3n) is 6.33. The zero-order valence-electron chi connectivity index (χ0n) is 20.1. The summed E-state index contributed by atoms with van der Waals surface area (Å²) in [6, 6.07) is 15.0. The molecule has 0 atom stereocenters. The molecular weight excluding hydrogens is 507 g/mol. The number of rotatable bonds is 3. The third-order valence-corrected chi connectivity index (χ3v) is 8.22. The third kappa shape index (κ3) is 4.88. The van der Waals surface area contributed by atoms with E-state index in [0.29, 0.717) is 22.9 Å². The lowest BCUT2D eigenvalue weighted by molar-refractivity contribution is -0.137. The monoisotopic (exact) mass is 531 g/mol. The first-order valence-corrected chi connectivity index (χ1v) is 13.0. The van der Waals surface area contributed by atoms with Crippen molar-refractivity contribution >= 4 is 21.5 Å². The average molecular weight is 532 g/mol. The lowest BCUT2D eigenvalue weighted by Gasteiger charge is -2.36. The van der Waals surface area contributed by atoms with Gasteiger partial charge in [-0.2, -0.15) is 17.5 Å². The van der Waals surface area contributed by atoms with E-state index in [1.165, 1.54) is 17.5 Å². The summed E-state index contributed by atoms with van der Waals surface area (Å²) in [4.78, 5) is 6.69. The maximum absolute atomic E-state index is 13.4. The van der Waals surface area contributed by atoms with E-state index in [-0.39, 0.29) is 42.5 Å². The van der Waals surface area contributed by atoms with Gasteiger partial charge in [-0.3, -0.25) is 0 Å². The van der Waals surface area contributed by atoms with Crippen LogP contribution in [0.5, 0.6) is 17.2 Å². The number of halogens is 3. The van der Waals surface area contributed by atoms with Gasteiger partial charge in [0.1, 0.15) is 23.0 Å². The number of ether oxygens (including phenoxy) is 2. The van der Waals surface area contributed by atoms with Crippen molar-refractivity contribution in [1.82, 2.24) is 9.21 Å². The van der Waals surface area contributed by atoms with Crippen molar-refractivity contribution in [1.29, 1.82) is 0 Å². The molecule has 0 spiro atoms. The van der Waals surface area contributed by atoms with Crippen LogP contribution in [0.3, 0.4) is 0 Å². The van der Waals surface area contributed by atoms with E-state index in [1.807, 2.05) is 17.9 Å². The van der Waals surface area contributed by atoms with Gasteiger partial charge < -0.3 is 14.4 Å². The summed E-state index contributed by atoms with van der Waals surface area (Å²) in [7, 11) is -2.18. The zero-order chi connectivity index (χ0) is 26.4. The molecular formula is C26H24F3N3O4S. The Bertz CT molecular complexity index is 1480. The lowest BCUT2D eigenvalue weighted by Crippen LogP contribution is -2.50. The van der Waals surface area contributed by atoms with E-state index in [2.05, 4.69) is 4.99 Å². The number of nitrogens with zero attached hydrogens (tertiary/aromatic N) is 3. The molecule has 1 saturated heterocycles. The molecule has 3 aromatic rings. The molecule has 0 aromatic heterocycles. The molecule has 7 nitrogen and oxygen atoms in total. The minimum absolute atomic E-state index is 0.0369. The number of sulfonamides is 1. The van der Waals surface area contributed by atoms with Gasteiger partial charge in [-0.25, -0.2) is 13.4 Å². The van der Waals surface area contributed by atoms with Gasteiger partial charge in [0.2, 0.25) is 10.0 Å². The number of fused-ring (bicyclic) bond motifs is 2. The normalized spacial score (nSPS) is 16.2. The highest BCUT2D eigenvalue weighted by molar-refractivity contribution is 7.89. The van der Waals surface area contributed by atoms with Crippen LogP contribution < -0.4 is 9.47 Å². The van der Waals surface area contributed by atoms with Crippen molar-refractivity contribution in [2.24, 2.45) is 4.99 Å². The number of hydrogen-bond acceptors (Lipinski definition) is 6. The van der Waals surface area contributed by atoms with E-state index in [4.69, 9.17) is 9.47 Å². The van der Waals surface area contributed by atoms with Crippen LogP contribution in [0.4, 0.5) is 18.9 Å². The van der Waals surface area contributed by atoms with E-state index >= 15 is 0 Å². The molecule has 3 aromatic carbocycles.